The summed E-state index contributed by atoms with van der Waals surface area (Å²) in [5.74, 6) is 2.62. The number of nitrogens with one attached hydrogen (secondary N) is 1. The Bertz CT molecular complexity index is 314. The summed E-state index contributed by atoms with van der Waals surface area (Å²) in [6, 6.07) is 0. The molecule has 0 bridgehead atoms. The van der Waals surface area contributed by atoms with Gasteiger partial charge in [0.2, 0.25) is 0 Å². The van der Waals surface area contributed by atoms with Gasteiger partial charge in [0.25, 0.3) is 0 Å². The number of rotatable bonds is 2. The number of aromatic amines is 1. The van der Waals surface area contributed by atoms with E-state index in [2.05, 4.69) is 25.8 Å². The summed E-state index contributed by atoms with van der Waals surface area (Å²) in [5.41, 5.74) is 2.74. The number of aryl methyl sites for hydroxylation is 2. The molecule has 0 aromatic carbocycles. The molecule has 2 unspecified atom stereocenters. The molecule has 0 spiro atoms. The van der Waals surface area contributed by atoms with Gasteiger partial charge in [0.1, 0.15) is 5.82 Å². The lowest BCUT2D eigenvalue weighted by Crippen LogP contribution is -2.15. The summed E-state index contributed by atoms with van der Waals surface area (Å²) in [5, 5.41) is 0. The predicted molar refractivity (Wildman–Crippen MR) is 58.5 cm³/mol. The molecule has 78 valence electrons. The molecule has 1 aliphatic carbocycles. The average molecular weight is 192 g/mol. The zero-order valence-electron chi connectivity index (χ0n) is 9.43. The van der Waals surface area contributed by atoms with Crippen molar-refractivity contribution in [2.24, 2.45) is 5.92 Å². The molecule has 1 aromatic heterocycles. The van der Waals surface area contributed by atoms with Crippen molar-refractivity contribution < 1.29 is 0 Å². The van der Waals surface area contributed by atoms with Crippen molar-refractivity contribution >= 4 is 0 Å². The molecule has 1 aliphatic rings. The van der Waals surface area contributed by atoms with Gasteiger partial charge in [-0.25, -0.2) is 4.98 Å². The van der Waals surface area contributed by atoms with Gasteiger partial charge in [-0.15, -0.1) is 0 Å². The maximum absolute atomic E-state index is 4.72. The number of H-pyrrole nitrogens is 1. The quantitative estimate of drug-likeness (QED) is 0.766. The first-order valence-corrected chi connectivity index (χ1v) is 5.80. The zero-order valence-corrected chi connectivity index (χ0v) is 9.43. The summed E-state index contributed by atoms with van der Waals surface area (Å²) in [6.45, 7) is 6.84. The number of fused-ring (bicyclic) bond motifs is 1. The molecule has 0 saturated carbocycles. The molecule has 0 saturated heterocycles. The van der Waals surface area contributed by atoms with E-state index in [1.54, 1.807) is 0 Å². The third kappa shape index (κ3) is 1.58. The Morgan fingerprint density at radius 2 is 2.21 bits per heavy atom. The SMILES string of the molecule is CCCc1nc2c([nH]1)CCC(C)C2C. The van der Waals surface area contributed by atoms with Gasteiger partial charge >= 0.3 is 0 Å². The van der Waals surface area contributed by atoms with Gasteiger partial charge in [0.15, 0.2) is 0 Å². The molecule has 2 rings (SSSR count). The summed E-state index contributed by atoms with van der Waals surface area (Å²) >= 11 is 0. The van der Waals surface area contributed by atoms with E-state index in [1.165, 1.54) is 36.5 Å². The van der Waals surface area contributed by atoms with Crippen molar-refractivity contribution in [1.82, 2.24) is 9.97 Å². The van der Waals surface area contributed by atoms with Crippen LogP contribution < -0.4 is 0 Å². The molecule has 2 nitrogen and oxygen atoms in total. The second kappa shape index (κ2) is 3.76. The second-order valence-corrected chi connectivity index (χ2v) is 4.60. The van der Waals surface area contributed by atoms with Crippen LogP contribution in [0.15, 0.2) is 0 Å². The smallest absolute Gasteiger partial charge is 0.106 e. The summed E-state index contributed by atoms with van der Waals surface area (Å²) in [4.78, 5) is 8.19. The standard InChI is InChI=1S/C12H20N2/c1-4-5-11-13-10-7-6-8(2)9(3)12(10)14-11/h8-9H,4-7H2,1-3H3,(H,13,14). The van der Waals surface area contributed by atoms with E-state index in [9.17, 15) is 0 Å². The van der Waals surface area contributed by atoms with Crippen LogP contribution in [-0.2, 0) is 12.8 Å². The molecular weight excluding hydrogens is 172 g/mol. The normalized spacial score (nSPS) is 26.2. The lowest BCUT2D eigenvalue weighted by Gasteiger charge is -2.24. The maximum atomic E-state index is 4.72. The van der Waals surface area contributed by atoms with Crippen LogP contribution in [0.3, 0.4) is 0 Å². The molecule has 0 fully saturated rings. The van der Waals surface area contributed by atoms with Crippen molar-refractivity contribution in [3.8, 4) is 0 Å². The van der Waals surface area contributed by atoms with Gasteiger partial charge in [0.05, 0.1) is 5.69 Å². The minimum atomic E-state index is 0.639. The average Bonchev–Trinajstić information content (AvgIpc) is 2.56. The fourth-order valence-electron chi connectivity index (χ4n) is 2.29. The Balaban J connectivity index is 2.27. The van der Waals surface area contributed by atoms with Crippen molar-refractivity contribution in [2.75, 3.05) is 0 Å². The molecule has 1 aromatic rings. The number of imidazole rings is 1. The third-order valence-corrected chi connectivity index (χ3v) is 3.48. The molecular formula is C12H20N2. The van der Waals surface area contributed by atoms with Crippen molar-refractivity contribution in [3.05, 3.63) is 17.2 Å². The van der Waals surface area contributed by atoms with Gasteiger partial charge in [-0.3, -0.25) is 0 Å². The maximum Gasteiger partial charge on any atom is 0.106 e. The minimum absolute atomic E-state index is 0.639. The molecule has 1 N–H and O–H groups in total. The topological polar surface area (TPSA) is 28.7 Å². The van der Waals surface area contributed by atoms with E-state index in [-0.39, 0.29) is 0 Å². The number of hydrogen-bond donors (Lipinski definition) is 1. The van der Waals surface area contributed by atoms with Gasteiger partial charge in [-0.05, 0) is 25.2 Å². The monoisotopic (exact) mass is 192 g/mol. The first-order chi connectivity index (χ1) is 6.72. The highest BCUT2D eigenvalue weighted by Crippen LogP contribution is 2.34. The predicted octanol–water partition coefficient (Wildman–Crippen LogP) is 3.05. The third-order valence-electron chi connectivity index (χ3n) is 3.48. The van der Waals surface area contributed by atoms with Crippen LogP contribution >= 0.6 is 0 Å². The van der Waals surface area contributed by atoms with Crippen molar-refractivity contribution in [1.29, 1.82) is 0 Å². The molecule has 0 radical (unpaired) electrons. The Morgan fingerprint density at radius 1 is 1.43 bits per heavy atom. The Morgan fingerprint density at radius 3 is 2.93 bits per heavy atom. The van der Waals surface area contributed by atoms with Crippen molar-refractivity contribution in [2.45, 2.75) is 52.4 Å². The van der Waals surface area contributed by atoms with E-state index < -0.39 is 0 Å². The summed E-state index contributed by atoms with van der Waals surface area (Å²) < 4.78 is 0. The molecule has 0 amide bonds. The lowest BCUT2D eigenvalue weighted by molar-refractivity contribution is 0.417. The van der Waals surface area contributed by atoms with Crippen LogP contribution in [0.2, 0.25) is 0 Å². The van der Waals surface area contributed by atoms with Crippen LogP contribution in [0.1, 0.15) is 56.7 Å². The Labute approximate surface area is 86.1 Å². The molecule has 1 heterocycles. The first-order valence-electron chi connectivity index (χ1n) is 5.80. The Hall–Kier alpha value is -0.790. The van der Waals surface area contributed by atoms with E-state index in [0.29, 0.717) is 5.92 Å². The number of nitrogens with zero attached hydrogens (tertiary/aromatic N) is 1. The van der Waals surface area contributed by atoms with E-state index in [4.69, 9.17) is 4.98 Å². The first kappa shape index (κ1) is 9.75. The van der Waals surface area contributed by atoms with Crippen LogP contribution in [-0.4, -0.2) is 9.97 Å². The van der Waals surface area contributed by atoms with Crippen LogP contribution in [0.5, 0.6) is 0 Å². The molecule has 0 aliphatic heterocycles. The molecule has 14 heavy (non-hydrogen) atoms. The highest BCUT2D eigenvalue weighted by Gasteiger charge is 2.25. The van der Waals surface area contributed by atoms with Crippen LogP contribution in [0, 0.1) is 5.92 Å². The van der Waals surface area contributed by atoms with E-state index in [0.717, 1.165) is 12.3 Å². The number of hydrogen-bond acceptors (Lipinski definition) is 1. The number of aromatic nitrogens is 2. The minimum Gasteiger partial charge on any atom is -0.346 e. The molecule has 2 atom stereocenters. The zero-order chi connectivity index (χ0) is 10.1. The summed E-state index contributed by atoms with van der Waals surface area (Å²) in [6.07, 6.45) is 4.77. The van der Waals surface area contributed by atoms with Crippen molar-refractivity contribution in [3.63, 3.8) is 0 Å². The van der Waals surface area contributed by atoms with Gasteiger partial charge < -0.3 is 4.98 Å². The largest absolute Gasteiger partial charge is 0.346 e. The highest BCUT2D eigenvalue weighted by molar-refractivity contribution is 5.22. The lowest BCUT2D eigenvalue weighted by atomic mass is 9.82. The Kier molecular flexibility index (Phi) is 2.62. The second-order valence-electron chi connectivity index (χ2n) is 4.60. The van der Waals surface area contributed by atoms with Gasteiger partial charge in [-0.2, -0.15) is 0 Å². The highest BCUT2D eigenvalue weighted by atomic mass is 14.9. The van der Waals surface area contributed by atoms with E-state index in [1.807, 2.05) is 0 Å². The van der Waals surface area contributed by atoms with E-state index >= 15 is 0 Å². The van der Waals surface area contributed by atoms with Gasteiger partial charge in [0, 0.05) is 18.0 Å². The summed E-state index contributed by atoms with van der Waals surface area (Å²) in [7, 11) is 0. The van der Waals surface area contributed by atoms with Crippen LogP contribution in [0.4, 0.5) is 0 Å². The van der Waals surface area contributed by atoms with Gasteiger partial charge in [-0.1, -0.05) is 20.8 Å². The fraction of sp³-hybridized carbons (Fsp3) is 0.750. The fourth-order valence-corrected chi connectivity index (χ4v) is 2.29. The molecule has 2 heteroatoms. The van der Waals surface area contributed by atoms with Crippen LogP contribution in [0.25, 0.3) is 0 Å².